The summed E-state index contributed by atoms with van der Waals surface area (Å²) in [5.74, 6) is -1.50. The van der Waals surface area contributed by atoms with E-state index < -0.39 is 11.8 Å². The van der Waals surface area contributed by atoms with E-state index in [1.54, 1.807) is 0 Å². The molecule has 0 saturated heterocycles. The lowest BCUT2D eigenvalue weighted by molar-refractivity contribution is -0.138. The summed E-state index contributed by atoms with van der Waals surface area (Å²) < 4.78 is 0. The second-order valence-electron chi connectivity index (χ2n) is 3.37. The number of likely N-dealkylation sites (N-methyl/N-ethyl adjacent to an activating group) is 1. The average molecular weight is 233 g/mol. The molecule has 0 saturated carbocycles. The lowest BCUT2D eigenvalue weighted by atomic mass is 10.1. The van der Waals surface area contributed by atoms with Gasteiger partial charge in [-0.05, 0) is 17.5 Å². The minimum absolute atomic E-state index is 0.719. The maximum Gasteiger partial charge on any atom is 0.329 e. The van der Waals surface area contributed by atoms with Gasteiger partial charge in [-0.3, -0.25) is 9.59 Å². The highest BCUT2D eigenvalue weighted by Crippen LogP contribution is 2.02. The number of hydrazone groups is 1. The van der Waals surface area contributed by atoms with E-state index in [0.717, 1.165) is 12.0 Å². The number of carbonyl (C=O) groups is 2. The van der Waals surface area contributed by atoms with Crippen LogP contribution >= 0.6 is 0 Å². The fraction of sp³-hybridized carbons (Fsp3) is 0.250. The molecule has 0 aliphatic heterocycles. The summed E-state index contributed by atoms with van der Waals surface area (Å²) in [5, 5.41) is 5.88. The maximum atomic E-state index is 11.0. The highest BCUT2D eigenvalue weighted by atomic mass is 16.2. The lowest BCUT2D eigenvalue weighted by Crippen LogP contribution is -2.35. The molecule has 0 aliphatic rings. The predicted octanol–water partition coefficient (Wildman–Crippen LogP) is 0.445. The van der Waals surface area contributed by atoms with E-state index >= 15 is 0 Å². The zero-order valence-electron chi connectivity index (χ0n) is 9.86. The molecule has 0 aliphatic carbocycles. The first-order valence-corrected chi connectivity index (χ1v) is 5.31. The topological polar surface area (TPSA) is 70.6 Å². The van der Waals surface area contributed by atoms with Crippen molar-refractivity contribution >= 4 is 18.0 Å². The van der Waals surface area contributed by atoms with Crippen LogP contribution in [0.3, 0.4) is 0 Å². The van der Waals surface area contributed by atoms with E-state index in [9.17, 15) is 9.59 Å². The number of benzene rings is 1. The van der Waals surface area contributed by atoms with Crippen LogP contribution in [0.25, 0.3) is 0 Å². The Balaban J connectivity index is 2.53. The Kier molecular flexibility index (Phi) is 4.87. The summed E-state index contributed by atoms with van der Waals surface area (Å²) in [6, 6.07) is 7.77. The van der Waals surface area contributed by atoms with Crippen molar-refractivity contribution in [2.45, 2.75) is 13.3 Å². The second kappa shape index (κ2) is 6.42. The van der Waals surface area contributed by atoms with Gasteiger partial charge in [0.15, 0.2) is 0 Å². The number of amides is 2. The van der Waals surface area contributed by atoms with Gasteiger partial charge < -0.3 is 5.32 Å². The SMILES string of the molecule is CCc1ccc(/C=N\NC(=O)C(=O)NC)cc1. The molecule has 0 bridgehead atoms. The van der Waals surface area contributed by atoms with Crippen LogP contribution in [-0.4, -0.2) is 25.1 Å². The van der Waals surface area contributed by atoms with Gasteiger partial charge in [-0.15, -0.1) is 0 Å². The highest BCUT2D eigenvalue weighted by molar-refractivity contribution is 6.34. The zero-order chi connectivity index (χ0) is 12.7. The van der Waals surface area contributed by atoms with Crippen molar-refractivity contribution in [1.29, 1.82) is 0 Å². The van der Waals surface area contributed by atoms with Gasteiger partial charge in [0.1, 0.15) is 0 Å². The predicted molar refractivity (Wildman–Crippen MR) is 65.6 cm³/mol. The summed E-state index contributed by atoms with van der Waals surface area (Å²) in [5.41, 5.74) is 4.22. The van der Waals surface area contributed by atoms with Gasteiger partial charge in [0.05, 0.1) is 6.21 Å². The van der Waals surface area contributed by atoms with Gasteiger partial charge in [-0.25, -0.2) is 5.43 Å². The van der Waals surface area contributed by atoms with E-state index in [0.29, 0.717) is 0 Å². The molecule has 1 aromatic rings. The fourth-order valence-corrected chi connectivity index (χ4v) is 1.17. The summed E-state index contributed by atoms with van der Waals surface area (Å²) in [6.45, 7) is 2.08. The second-order valence-corrected chi connectivity index (χ2v) is 3.37. The molecule has 0 spiro atoms. The van der Waals surface area contributed by atoms with E-state index in [4.69, 9.17) is 0 Å². The van der Waals surface area contributed by atoms with Gasteiger partial charge in [-0.2, -0.15) is 5.10 Å². The van der Waals surface area contributed by atoms with Crippen molar-refractivity contribution in [3.05, 3.63) is 35.4 Å². The van der Waals surface area contributed by atoms with Crippen molar-refractivity contribution < 1.29 is 9.59 Å². The molecular weight excluding hydrogens is 218 g/mol. The Labute approximate surface area is 99.9 Å². The zero-order valence-corrected chi connectivity index (χ0v) is 9.86. The third-order valence-corrected chi connectivity index (χ3v) is 2.20. The van der Waals surface area contributed by atoms with Crippen LogP contribution in [0.2, 0.25) is 0 Å². The lowest BCUT2D eigenvalue weighted by Gasteiger charge is -1.98. The third-order valence-electron chi connectivity index (χ3n) is 2.20. The van der Waals surface area contributed by atoms with Crippen molar-refractivity contribution in [3.63, 3.8) is 0 Å². The maximum absolute atomic E-state index is 11.0. The number of hydrogen-bond donors (Lipinski definition) is 2. The molecule has 1 aromatic carbocycles. The Morgan fingerprint density at radius 2 is 1.88 bits per heavy atom. The number of rotatable bonds is 3. The molecule has 0 aromatic heterocycles. The van der Waals surface area contributed by atoms with E-state index in [1.165, 1.54) is 18.8 Å². The monoisotopic (exact) mass is 233 g/mol. The van der Waals surface area contributed by atoms with Crippen LogP contribution in [-0.2, 0) is 16.0 Å². The van der Waals surface area contributed by atoms with Crippen LogP contribution in [0.5, 0.6) is 0 Å². The molecule has 0 heterocycles. The van der Waals surface area contributed by atoms with Crippen LogP contribution in [0.15, 0.2) is 29.4 Å². The minimum Gasteiger partial charge on any atom is -0.351 e. The first-order chi connectivity index (χ1) is 8.17. The molecule has 17 heavy (non-hydrogen) atoms. The Bertz CT molecular complexity index is 424. The van der Waals surface area contributed by atoms with E-state index in [-0.39, 0.29) is 0 Å². The van der Waals surface area contributed by atoms with Crippen molar-refractivity contribution in [2.75, 3.05) is 7.05 Å². The summed E-state index contributed by atoms with van der Waals surface area (Å²) in [6.07, 6.45) is 2.46. The molecule has 2 N–H and O–H groups in total. The Hall–Kier alpha value is -2.17. The summed E-state index contributed by atoms with van der Waals surface area (Å²) >= 11 is 0. The van der Waals surface area contributed by atoms with Crippen LogP contribution in [0, 0.1) is 0 Å². The molecule has 0 unspecified atom stereocenters. The van der Waals surface area contributed by atoms with Crippen LogP contribution in [0.1, 0.15) is 18.1 Å². The normalized spacial score (nSPS) is 10.2. The first-order valence-electron chi connectivity index (χ1n) is 5.31. The van der Waals surface area contributed by atoms with Crippen molar-refractivity contribution in [3.8, 4) is 0 Å². The van der Waals surface area contributed by atoms with E-state index in [2.05, 4.69) is 22.8 Å². The first kappa shape index (κ1) is 12.9. The molecule has 90 valence electrons. The molecule has 1 rings (SSSR count). The molecule has 0 radical (unpaired) electrons. The quantitative estimate of drug-likeness (QED) is 0.452. The molecule has 0 fully saturated rings. The molecule has 2 amide bonds. The summed E-state index contributed by atoms with van der Waals surface area (Å²) in [7, 11) is 1.38. The van der Waals surface area contributed by atoms with Gasteiger partial charge in [0, 0.05) is 7.05 Å². The molecule has 5 nitrogen and oxygen atoms in total. The number of aryl methyl sites for hydroxylation is 1. The van der Waals surface area contributed by atoms with E-state index in [1.807, 2.05) is 24.3 Å². The van der Waals surface area contributed by atoms with Crippen molar-refractivity contribution in [1.82, 2.24) is 10.7 Å². The van der Waals surface area contributed by atoms with Gasteiger partial charge in [-0.1, -0.05) is 31.2 Å². The molecule has 0 atom stereocenters. The largest absolute Gasteiger partial charge is 0.351 e. The summed E-state index contributed by atoms with van der Waals surface area (Å²) in [4.78, 5) is 21.9. The minimum atomic E-state index is -0.783. The van der Waals surface area contributed by atoms with Gasteiger partial charge in [0.25, 0.3) is 0 Å². The average Bonchev–Trinajstić information content (AvgIpc) is 2.38. The number of hydrogen-bond acceptors (Lipinski definition) is 3. The third kappa shape index (κ3) is 4.06. The van der Waals surface area contributed by atoms with Gasteiger partial charge in [0.2, 0.25) is 0 Å². The van der Waals surface area contributed by atoms with Crippen LogP contribution in [0.4, 0.5) is 0 Å². The number of nitrogens with zero attached hydrogens (tertiary/aromatic N) is 1. The van der Waals surface area contributed by atoms with Crippen LogP contribution < -0.4 is 10.7 Å². The smallest absolute Gasteiger partial charge is 0.329 e. The van der Waals surface area contributed by atoms with Crippen molar-refractivity contribution in [2.24, 2.45) is 5.10 Å². The van der Waals surface area contributed by atoms with Gasteiger partial charge >= 0.3 is 11.8 Å². The Morgan fingerprint density at radius 1 is 1.24 bits per heavy atom. The molecular formula is C12H15N3O2. The Morgan fingerprint density at radius 3 is 2.41 bits per heavy atom. The number of carbonyl (C=O) groups excluding carboxylic acids is 2. The fourth-order valence-electron chi connectivity index (χ4n) is 1.17. The molecule has 5 heteroatoms. The number of nitrogens with one attached hydrogen (secondary N) is 2. The highest BCUT2D eigenvalue weighted by Gasteiger charge is 2.08. The standard InChI is InChI=1S/C12H15N3O2/c1-3-9-4-6-10(7-5-9)8-14-15-12(17)11(16)13-2/h4-8H,3H2,1-2H3,(H,13,16)(H,15,17)/b14-8-.